The van der Waals surface area contributed by atoms with E-state index in [0.717, 1.165) is 32.7 Å². The number of nitrogens with one attached hydrogen (secondary N) is 4. The number of unbranched alkanes of at least 4 members (excludes halogenated alkanes) is 1. The molecule has 0 aromatic heterocycles. The molecule has 0 saturated carbocycles. The van der Waals surface area contributed by atoms with Gasteiger partial charge in [0, 0.05) is 24.2 Å². The lowest BCUT2D eigenvalue weighted by molar-refractivity contribution is -0.118. The number of hydrogen-bond donors (Lipinski definition) is 4. The molecular formula is C44H38N4O4. The summed E-state index contributed by atoms with van der Waals surface area (Å²) in [6.07, 6.45) is 4.48. The highest BCUT2D eigenvalue weighted by atomic mass is 16.2. The second-order valence-corrected chi connectivity index (χ2v) is 12.1. The van der Waals surface area contributed by atoms with Crippen molar-refractivity contribution >= 4 is 57.3 Å². The van der Waals surface area contributed by atoms with Crippen LogP contribution in [0.5, 0.6) is 0 Å². The van der Waals surface area contributed by atoms with Crippen molar-refractivity contribution in [3.8, 4) is 0 Å². The molecule has 4 amide bonds. The molecule has 4 N–H and O–H groups in total. The number of fused-ring (bicyclic) bond motifs is 2. The summed E-state index contributed by atoms with van der Waals surface area (Å²) in [5, 5.41) is 15.3. The minimum Gasteiger partial charge on any atom is -0.351 e. The van der Waals surface area contributed by atoms with Crippen LogP contribution in [0.1, 0.15) is 44.7 Å². The van der Waals surface area contributed by atoms with Crippen LogP contribution in [0.3, 0.4) is 0 Å². The Kier molecular flexibility index (Phi) is 11.6. The maximum absolute atomic E-state index is 13.5. The van der Waals surface area contributed by atoms with Gasteiger partial charge in [0.1, 0.15) is 11.4 Å². The van der Waals surface area contributed by atoms with Crippen molar-refractivity contribution in [1.29, 1.82) is 0 Å². The van der Waals surface area contributed by atoms with Gasteiger partial charge in [-0.15, -0.1) is 0 Å². The molecule has 6 aromatic rings. The van der Waals surface area contributed by atoms with Crippen molar-refractivity contribution in [2.45, 2.75) is 12.8 Å². The lowest BCUT2D eigenvalue weighted by Gasteiger charge is -2.13. The van der Waals surface area contributed by atoms with Crippen molar-refractivity contribution < 1.29 is 19.2 Å². The first-order valence-corrected chi connectivity index (χ1v) is 17.1. The quantitative estimate of drug-likeness (QED) is 0.0757. The molecule has 52 heavy (non-hydrogen) atoms. The summed E-state index contributed by atoms with van der Waals surface area (Å²) in [6.45, 7) is 0.623. The van der Waals surface area contributed by atoms with Gasteiger partial charge in [0.05, 0.1) is 0 Å². The highest BCUT2D eigenvalue weighted by Gasteiger charge is 2.17. The van der Waals surface area contributed by atoms with Crippen LogP contribution in [-0.2, 0) is 9.59 Å². The van der Waals surface area contributed by atoms with Gasteiger partial charge in [-0.3, -0.25) is 19.2 Å². The summed E-state index contributed by atoms with van der Waals surface area (Å²) in [5.74, 6) is -1.64. The zero-order chi connectivity index (χ0) is 36.1. The standard InChI is InChI=1S/C44H38N4O4/c49-41(33-17-3-1-4-18-33)47-39(29-35-23-13-21-31-15-7-9-25-37(31)35)43(51)45-27-11-12-28-46-44(52)40(48-42(50)34-19-5-2-6-20-34)30-36-24-14-22-32-16-8-10-26-38(32)36/h1-10,13-26,29-30H,11-12,27-28H2,(H,45,51)(H,46,52)(H,47,49)(H,48,50)/b39-29+,40-30+. The van der Waals surface area contributed by atoms with Gasteiger partial charge in [0.2, 0.25) is 0 Å². The molecular weight excluding hydrogens is 649 g/mol. The topological polar surface area (TPSA) is 116 Å². The molecule has 0 unspecified atom stereocenters. The highest BCUT2D eigenvalue weighted by molar-refractivity contribution is 6.07. The largest absolute Gasteiger partial charge is 0.351 e. The Labute approximate surface area is 302 Å². The van der Waals surface area contributed by atoms with Gasteiger partial charge in [-0.05, 0) is 81.9 Å². The molecule has 0 atom stereocenters. The molecule has 0 heterocycles. The van der Waals surface area contributed by atoms with E-state index in [2.05, 4.69) is 21.3 Å². The van der Waals surface area contributed by atoms with Gasteiger partial charge in [0.15, 0.2) is 0 Å². The Morgan fingerprint density at radius 1 is 0.423 bits per heavy atom. The number of rotatable bonds is 13. The van der Waals surface area contributed by atoms with Gasteiger partial charge < -0.3 is 21.3 Å². The van der Waals surface area contributed by atoms with E-state index in [1.165, 1.54) is 0 Å². The molecule has 0 spiro atoms. The zero-order valence-corrected chi connectivity index (χ0v) is 28.5. The summed E-state index contributed by atoms with van der Waals surface area (Å²) in [7, 11) is 0. The van der Waals surface area contributed by atoms with Crippen LogP contribution < -0.4 is 21.3 Å². The first kappa shape index (κ1) is 35.0. The molecule has 0 saturated heterocycles. The van der Waals surface area contributed by atoms with Gasteiger partial charge in [0.25, 0.3) is 23.6 Å². The zero-order valence-electron chi connectivity index (χ0n) is 28.5. The predicted octanol–water partition coefficient (Wildman–Crippen LogP) is 7.25. The summed E-state index contributed by atoms with van der Waals surface area (Å²) in [4.78, 5) is 53.1. The average molecular weight is 687 g/mol. The number of carbonyl (C=O) groups excluding carboxylic acids is 4. The molecule has 258 valence electrons. The average Bonchev–Trinajstić information content (AvgIpc) is 3.19. The van der Waals surface area contributed by atoms with Crippen LogP contribution in [-0.4, -0.2) is 36.7 Å². The fourth-order valence-corrected chi connectivity index (χ4v) is 5.79. The summed E-state index contributed by atoms with van der Waals surface area (Å²) >= 11 is 0. The van der Waals surface area contributed by atoms with Crippen molar-refractivity contribution in [3.63, 3.8) is 0 Å². The fourth-order valence-electron chi connectivity index (χ4n) is 5.79. The third-order valence-electron chi connectivity index (χ3n) is 8.48. The van der Waals surface area contributed by atoms with Gasteiger partial charge >= 0.3 is 0 Å². The van der Waals surface area contributed by atoms with Crippen LogP contribution in [0.4, 0.5) is 0 Å². The Hall–Kier alpha value is -6.80. The van der Waals surface area contributed by atoms with E-state index in [1.807, 2.05) is 97.1 Å². The monoisotopic (exact) mass is 686 g/mol. The highest BCUT2D eigenvalue weighted by Crippen LogP contribution is 2.22. The van der Waals surface area contributed by atoms with Crippen LogP contribution in [0.2, 0.25) is 0 Å². The predicted molar refractivity (Wildman–Crippen MR) is 207 cm³/mol. The van der Waals surface area contributed by atoms with Crippen LogP contribution in [0, 0.1) is 0 Å². The van der Waals surface area contributed by atoms with E-state index in [0.29, 0.717) is 37.1 Å². The molecule has 0 fully saturated rings. The minimum absolute atomic E-state index is 0.121. The van der Waals surface area contributed by atoms with Crippen molar-refractivity contribution in [2.75, 3.05) is 13.1 Å². The summed E-state index contributed by atoms with van der Waals surface area (Å²) in [5.41, 5.74) is 2.70. The van der Waals surface area contributed by atoms with E-state index < -0.39 is 23.6 Å². The third-order valence-corrected chi connectivity index (χ3v) is 8.48. The molecule has 8 heteroatoms. The molecule has 0 aliphatic carbocycles. The number of carbonyl (C=O) groups is 4. The smallest absolute Gasteiger partial charge is 0.267 e. The van der Waals surface area contributed by atoms with Crippen molar-refractivity contribution in [1.82, 2.24) is 21.3 Å². The second kappa shape index (κ2) is 17.2. The number of benzene rings is 6. The van der Waals surface area contributed by atoms with E-state index in [-0.39, 0.29) is 11.4 Å². The van der Waals surface area contributed by atoms with E-state index >= 15 is 0 Å². The Bertz CT molecular complexity index is 2110. The molecule has 0 aliphatic rings. The minimum atomic E-state index is -0.426. The van der Waals surface area contributed by atoms with E-state index in [9.17, 15) is 19.2 Å². The molecule has 0 bridgehead atoms. The SMILES string of the molecule is O=C(NCCCCNC(=O)/C(=C\c1cccc2ccccc12)NC(=O)c1ccccc1)/C(=C\c1cccc2ccccc12)NC(=O)c1ccccc1. The molecule has 6 aromatic carbocycles. The molecule has 0 radical (unpaired) electrons. The maximum atomic E-state index is 13.5. The fraction of sp³-hybridized carbons (Fsp3) is 0.0909. The van der Waals surface area contributed by atoms with E-state index in [1.54, 1.807) is 60.7 Å². The molecule has 6 rings (SSSR count). The normalized spacial score (nSPS) is 11.5. The van der Waals surface area contributed by atoms with Gasteiger partial charge in [-0.25, -0.2) is 0 Å². The third kappa shape index (κ3) is 9.05. The maximum Gasteiger partial charge on any atom is 0.267 e. The van der Waals surface area contributed by atoms with Crippen LogP contribution in [0.15, 0.2) is 157 Å². The van der Waals surface area contributed by atoms with Crippen LogP contribution in [0.25, 0.3) is 33.7 Å². The summed E-state index contributed by atoms with van der Waals surface area (Å²) < 4.78 is 0. The molecule has 8 nitrogen and oxygen atoms in total. The lowest BCUT2D eigenvalue weighted by atomic mass is 10.0. The Balaban J connectivity index is 1.09. The number of hydrogen-bond acceptors (Lipinski definition) is 4. The van der Waals surface area contributed by atoms with Gasteiger partial charge in [-0.1, -0.05) is 121 Å². The van der Waals surface area contributed by atoms with Crippen molar-refractivity contribution in [2.24, 2.45) is 0 Å². The van der Waals surface area contributed by atoms with Crippen LogP contribution >= 0.6 is 0 Å². The Morgan fingerprint density at radius 2 is 0.788 bits per heavy atom. The first-order chi connectivity index (χ1) is 25.5. The summed E-state index contributed by atoms with van der Waals surface area (Å²) in [6, 6.07) is 44.8. The number of amides is 4. The Morgan fingerprint density at radius 3 is 1.21 bits per heavy atom. The van der Waals surface area contributed by atoms with E-state index in [4.69, 9.17) is 0 Å². The first-order valence-electron chi connectivity index (χ1n) is 17.1. The molecule has 0 aliphatic heterocycles. The van der Waals surface area contributed by atoms with Gasteiger partial charge in [-0.2, -0.15) is 0 Å². The lowest BCUT2D eigenvalue weighted by Crippen LogP contribution is -2.36. The second-order valence-electron chi connectivity index (χ2n) is 12.1. The van der Waals surface area contributed by atoms with Crippen molar-refractivity contribution in [3.05, 3.63) is 179 Å².